The molecule has 0 spiro atoms. The Morgan fingerprint density at radius 1 is 1.38 bits per heavy atom. The molecule has 1 heterocycles. The summed E-state index contributed by atoms with van der Waals surface area (Å²) in [6.45, 7) is 8.76. The van der Waals surface area contributed by atoms with E-state index in [0.717, 1.165) is 32.4 Å². The molecule has 1 aliphatic heterocycles. The highest BCUT2D eigenvalue weighted by Crippen LogP contribution is 2.23. The average Bonchev–Trinajstić information content (AvgIpc) is 2.25. The zero-order valence-corrected chi connectivity index (χ0v) is 11.1. The van der Waals surface area contributed by atoms with Crippen molar-refractivity contribution in [2.75, 3.05) is 20.2 Å². The zero-order chi connectivity index (χ0) is 12.2. The Bertz CT molecular complexity index is 233. The maximum atomic E-state index is 11.6. The van der Waals surface area contributed by atoms with Gasteiger partial charge in [-0.2, -0.15) is 0 Å². The average molecular weight is 227 g/mol. The predicted octanol–water partition coefficient (Wildman–Crippen LogP) is 2.45. The topological polar surface area (TPSA) is 29.5 Å². The fraction of sp³-hybridized carbons (Fsp3) is 0.923. The first kappa shape index (κ1) is 13.5. The minimum absolute atomic E-state index is 0.00102. The molecule has 0 bridgehead atoms. The molecule has 0 aliphatic carbocycles. The first-order valence-electron chi connectivity index (χ1n) is 6.26. The summed E-state index contributed by atoms with van der Waals surface area (Å²) < 4.78 is 4.87. The number of hydrogen-bond donors (Lipinski definition) is 0. The van der Waals surface area contributed by atoms with Crippen LogP contribution in [0.5, 0.6) is 0 Å². The van der Waals surface area contributed by atoms with E-state index in [1.54, 1.807) is 0 Å². The summed E-state index contributed by atoms with van der Waals surface area (Å²) in [5, 5.41) is 0. The maximum absolute atomic E-state index is 11.6. The quantitative estimate of drug-likeness (QED) is 0.694. The molecular formula is C13H25NO2. The number of hydrogen-bond acceptors (Lipinski definition) is 3. The van der Waals surface area contributed by atoms with E-state index in [9.17, 15) is 4.79 Å². The number of nitrogens with zero attached hydrogens (tertiary/aromatic N) is 1. The molecule has 0 saturated carbocycles. The number of rotatable bonds is 3. The molecule has 0 aromatic carbocycles. The first-order chi connectivity index (χ1) is 7.44. The second kappa shape index (κ2) is 5.67. The van der Waals surface area contributed by atoms with Gasteiger partial charge in [-0.1, -0.05) is 27.2 Å². The third-order valence-corrected chi connectivity index (χ3v) is 3.24. The molecule has 94 valence electrons. The Labute approximate surface area is 99.1 Å². The molecule has 1 fully saturated rings. The molecule has 0 aromatic rings. The SMILES string of the molecule is COC(=O)C1CCCCN1CCC(C)(C)C. The number of piperidine rings is 1. The van der Waals surface area contributed by atoms with Gasteiger partial charge < -0.3 is 4.74 Å². The maximum Gasteiger partial charge on any atom is 0.323 e. The molecular weight excluding hydrogens is 202 g/mol. The van der Waals surface area contributed by atoms with Crippen LogP contribution in [-0.4, -0.2) is 37.1 Å². The van der Waals surface area contributed by atoms with Crippen LogP contribution in [-0.2, 0) is 9.53 Å². The molecule has 0 aromatic heterocycles. The van der Waals surface area contributed by atoms with Crippen molar-refractivity contribution in [3.05, 3.63) is 0 Å². The van der Waals surface area contributed by atoms with Gasteiger partial charge in [-0.15, -0.1) is 0 Å². The molecule has 0 N–H and O–H groups in total. The van der Waals surface area contributed by atoms with Crippen molar-refractivity contribution in [2.24, 2.45) is 5.41 Å². The number of likely N-dealkylation sites (tertiary alicyclic amines) is 1. The number of carbonyl (C=O) groups is 1. The Balaban J connectivity index is 2.50. The third-order valence-electron chi connectivity index (χ3n) is 3.24. The standard InChI is InChI=1S/C13H25NO2/c1-13(2,3)8-10-14-9-6-5-7-11(14)12(15)16-4/h11H,5-10H2,1-4H3. The summed E-state index contributed by atoms with van der Waals surface area (Å²) in [5.74, 6) is -0.0615. The molecule has 1 saturated heterocycles. The molecule has 16 heavy (non-hydrogen) atoms. The molecule has 0 radical (unpaired) electrons. The van der Waals surface area contributed by atoms with Gasteiger partial charge in [0.2, 0.25) is 0 Å². The minimum atomic E-state index is -0.0615. The molecule has 0 amide bonds. The van der Waals surface area contributed by atoms with E-state index in [1.165, 1.54) is 13.5 Å². The van der Waals surface area contributed by atoms with Crippen LogP contribution in [0.15, 0.2) is 0 Å². The van der Waals surface area contributed by atoms with E-state index >= 15 is 0 Å². The predicted molar refractivity (Wildman–Crippen MR) is 65.3 cm³/mol. The van der Waals surface area contributed by atoms with E-state index < -0.39 is 0 Å². The molecule has 1 atom stereocenters. The van der Waals surface area contributed by atoms with Crippen LogP contribution in [0.2, 0.25) is 0 Å². The van der Waals surface area contributed by atoms with Gasteiger partial charge in [-0.05, 0) is 37.8 Å². The van der Waals surface area contributed by atoms with Gasteiger partial charge >= 0.3 is 5.97 Å². The summed E-state index contributed by atoms with van der Waals surface area (Å²) in [7, 11) is 1.48. The van der Waals surface area contributed by atoms with Crippen molar-refractivity contribution in [1.29, 1.82) is 0 Å². The lowest BCUT2D eigenvalue weighted by atomic mass is 9.91. The normalized spacial score (nSPS) is 23.1. The lowest BCUT2D eigenvalue weighted by Crippen LogP contribution is -2.46. The van der Waals surface area contributed by atoms with E-state index in [4.69, 9.17) is 4.74 Å². The van der Waals surface area contributed by atoms with Crippen LogP contribution in [0, 0.1) is 5.41 Å². The number of ether oxygens (including phenoxy) is 1. The Hall–Kier alpha value is -0.570. The molecule has 3 nitrogen and oxygen atoms in total. The van der Waals surface area contributed by atoms with Crippen molar-refractivity contribution in [2.45, 2.75) is 52.5 Å². The van der Waals surface area contributed by atoms with E-state index in [0.29, 0.717) is 5.41 Å². The van der Waals surface area contributed by atoms with Gasteiger partial charge in [0.1, 0.15) is 6.04 Å². The van der Waals surface area contributed by atoms with Crippen LogP contribution in [0.1, 0.15) is 46.5 Å². The van der Waals surface area contributed by atoms with E-state index in [2.05, 4.69) is 25.7 Å². The Morgan fingerprint density at radius 2 is 2.06 bits per heavy atom. The van der Waals surface area contributed by atoms with Gasteiger partial charge in [0.05, 0.1) is 7.11 Å². The van der Waals surface area contributed by atoms with Gasteiger partial charge in [0.25, 0.3) is 0 Å². The molecule has 3 heteroatoms. The highest BCUT2D eigenvalue weighted by atomic mass is 16.5. The van der Waals surface area contributed by atoms with Gasteiger partial charge in [-0.25, -0.2) is 0 Å². The Morgan fingerprint density at radius 3 is 2.62 bits per heavy atom. The fourth-order valence-corrected chi connectivity index (χ4v) is 2.14. The van der Waals surface area contributed by atoms with Crippen LogP contribution >= 0.6 is 0 Å². The first-order valence-corrected chi connectivity index (χ1v) is 6.26. The summed E-state index contributed by atoms with van der Waals surface area (Å²) in [6.07, 6.45) is 4.43. The van der Waals surface area contributed by atoms with Crippen LogP contribution in [0.3, 0.4) is 0 Å². The number of methoxy groups -OCH3 is 1. The third kappa shape index (κ3) is 4.12. The lowest BCUT2D eigenvalue weighted by Gasteiger charge is -2.35. The van der Waals surface area contributed by atoms with Crippen molar-refractivity contribution < 1.29 is 9.53 Å². The van der Waals surface area contributed by atoms with Crippen LogP contribution < -0.4 is 0 Å². The highest BCUT2D eigenvalue weighted by molar-refractivity contribution is 5.75. The largest absolute Gasteiger partial charge is 0.468 e. The van der Waals surface area contributed by atoms with Crippen molar-refractivity contribution >= 4 is 5.97 Å². The molecule has 1 unspecified atom stereocenters. The highest BCUT2D eigenvalue weighted by Gasteiger charge is 2.29. The monoisotopic (exact) mass is 227 g/mol. The Kier molecular flexibility index (Phi) is 4.78. The summed E-state index contributed by atoms with van der Waals surface area (Å²) in [5.41, 5.74) is 0.331. The summed E-state index contributed by atoms with van der Waals surface area (Å²) in [6, 6.07) is 0.00102. The molecule has 1 aliphatic rings. The van der Waals surface area contributed by atoms with Gasteiger partial charge in [0, 0.05) is 0 Å². The zero-order valence-electron chi connectivity index (χ0n) is 11.1. The second-order valence-electron chi connectivity index (χ2n) is 5.88. The van der Waals surface area contributed by atoms with Crippen molar-refractivity contribution in [3.8, 4) is 0 Å². The number of esters is 1. The van der Waals surface area contributed by atoms with Gasteiger partial charge in [0.15, 0.2) is 0 Å². The van der Waals surface area contributed by atoms with Crippen molar-refractivity contribution in [3.63, 3.8) is 0 Å². The van der Waals surface area contributed by atoms with Crippen molar-refractivity contribution in [1.82, 2.24) is 4.90 Å². The summed E-state index contributed by atoms with van der Waals surface area (Å²) in [4.78, 5) is 13.9. The van der Waals surface area contributed by atoms with Gasteiger partial charge in [-0.3, -0.25) is 9.69 Å². The van der Waals surface area contributed by atoms with Crippen LogP contribution in [0.25, 0.3) is 0 Å². The van der Waals surface area contributed by atoms with E-state index in [-0.39, 0.29) is 12.0 Å². The van der Waals surface area contributed by atoms with E-state index in [1.807, 2.05) is 0 Å². The smallest absolute Gasteiger partial charge is 0.323 e. The fourth-order valence-electron chi connectivity index (χ4n) is 2.14. The molecule has 1 rings (SSSR count). The second-order valence-corrected chi connectivity index (χ2v) is 5.88. The van der Waals surface area contributed by atoms with Crippen LogP contribution in [0.4, 0.5) is 0 Å². The summed E-state index contributed by atoms with van der Waals surface area (Å²) >= 11 is 0. The lowest BCUT2D eigenvalue weighted by molar-refractivity contribution is -0.148. The number of carbonyl (C=O) groups excluding carboxylic acids is 1. The minimum Gasteiger partial charge on any atom is -0.468 e.